The molecule has 10 heteroatoms. The molecule has 1 heterocycles. The zero-order chi connectivity index (χ0) is 14.2. The van der Waals surface area contributed by atoms with Crippen molar-refractivity contribution < 1.29 is 17.6 Å². The van der Waals surface area contributed by atoms with E-state index < -0.39 is 22.0 Å². The van der Waals surface area contributed by atoms with Crippen LogP contribution in [0.1, 0.15) is 5.56 Å². The van der Waals surface area contributed by atoms with Gasteiger partial charge in [-0.05, 0) is 28.1 Å². The molecule has 4 N–H and O–H groups in total. The standard InChI is InChI=1S/C9H6BrF4N5/c10-6-4(9(12,13)14)1-3(2-5(6)11)16-8-17-7(15)18-19-8/h1-2H,(H4,15,16,17,18,19). The van der Waals surface area contributed by atoms with Crippen molar-refractivity contribution >= 4 is 33.5 Å². The summed E-state index contributed by atoms with van der Waals surface area (Å²) in [5, 5.41) is 8.25. The Labute approximate surface area is 112 Å². The lowest BCUT2D eigenvalue weighted by atomic mass is 10.2. The largest absolute Gasteiger partial charge is 0.417 e. The van der Waals surface area contributed by atoms with Gasteiger partial charge in [-0.1, -0.05) is 0 Å². The fourth-order valence-electron chi connectivity index (χ4n) is 1.33. The normalized spacial score (nSPS) is 11.6. The van der Waals surface area contributed by atoms with E-state index in [2.05, 4.69) is 36.4 Å². The third-order valence-electron chi connectivity index (χ3n) is 2.10. The Morgan fingerprint density at radius 2 is 2.00 bits per heavy atom. The summed E-state index contributed by atoms with van der Waals surface area (Å²) < 4.78 is 50.8. The quantitative estimate of drug-likeness (QED) is 0.734. The van der Waals surface area contributed by atoms with Crippen molar-refractivity contribution in [3.63, 3.8) is 0 Å². The van der Waals surface area contributed by atoms with E-state index in [-0.39, 0.29) is 17.6 Å². The molecule has 0 bridgehead atoms. The molecule has 0 atom stereocenters. The number of nitrogens with two attached hydrogens (primary N) is 1. The summed E-state index contributed by atoms with van der Waals surface area (Å²) in [6, 6.07) is 1.63. The highest BCUT2D eigenvalue weighted by Crippen LogP contribution is 2.38. The van der Waals surface area contributed by atoms with Gasteiger partial charge in [0, 0.05) is 5.69 Å². The van der Waals surface area contributed by atoms with Crippen LogP contribution in [0.4, 0.5) is 35.1 Å². The molecule has 0 saturated heterocycles. The number of nitrogens with zero attached hydrogens (tertiary/aromatic N) is 2. The Balaban J connectivity index is 2.39. The molecule has 5 nitrogen and oxygen atoms in total. The third kappa shape index (κ3) is 2.95. The van der Waals surface area contributed by atoms with E-state index in [1.54, 1.807) is 0 Å². The zero-order valence-electron chi connectivity index (χ0n) is 9.02. The Morgan fingerprint density at radius 1 is 1.32 bits per heavy atom. The summed E-state index contributed by atoms with van der Waals surface area (Å²) in [7, 11) is 0. The number of benzene rings is 1. The predicted octanol–water partition coefficient (Wildman–Crippen LogP) is 3.05. The number of anilines is 3. The molecule has 19 heavy (non-hydrogen) atoms. The van der Waals surface area contributed by atoms with E-state index in [0.29, 0.717) is 0 Å². The summed E-state index contributed by atoms with van der Waals surface area (Å²) in [6.45, 7) is 0. The predicted molar refractivity (Wildman–Crippen MR) is 63.2 cm³/mol. The molecule has 1 aromatic heterocycles. The van der Waals surface area contributed by atoms with Gasteiger partial charge in [-0.25, -0.2) is 9.49 Å². The van der Waals surface area contributed by atoms with Gasteiger partial charge in [0.25, 0.3) is 0 Å². The molecule has 0 spiro atoms. The fourth-order valence-corrected chi connectivity index (χ4v) is 1.79. The molecule has 0 aliphatic rings. The van der Waals surface area contributed by atoms with Gasteiger partial charge in [0.1, 0.15) is 5.82 Å². The lowest BCUT2D eigenvalue weighted by molar-refractivity contribution is -0.138. The maximum atomic E-state index is 13.4. The molecule has 2 rings (SSSR count). The second kappa shape index (κ2) is 4.68. The Hall–Kier alpha value is -1.84. The van der Waals surface area contributed by atoms with Crippen LogP contribution < -0.4 is 11.1 Å². The van der Waals surface area contributed by atoms with E-state index in [1.807, 2.05) is 0 Å². The van der Waals surface area contributed by atoms with Gasteiger partial charge >= 0.3 is 6.18 Å². The molecular weight excluding hydrogens is 334 g/mol. The smallest absolute Gasteiger partial charge is 0.366 e. The van der Waals surface area contributed by atoms with Crippen LogP contribution in [-0.4, -0.2) is 15.2 Å². The first-order valence-electron chi connectivity index (χ1n) is 4.78. The molecule has 0 saturated carbocycles. The summed E-state index contributed by atoms with van der Waals surface area (Å²) in [5.74, 6) is -1.13. The van der Waals surface area contributed by atoms with Crippen molar-refractivity contribution in [1.29, 1.82) is 0 Å². The first-order valence-corrected chi connectivity index (χ1v) is 5.58. The SMILES string of the molecule is Nc1n[nH]c(Nc2cc(F)c(Br)c(C(F)(F)F)c2)n1. The van der Waals surface area contributed by atoms with E-state index in [9.17, 15) is 17.6 Å². The van der Waals surface area contributed by atoms with E-state index in [1.165, 1.54) is 0 Å². The van der Waals surface area contributed by atoms with Gasteiger partial charge in [0.05, 0.1) is 10.0 Å². The number of aromatic nitrogens is 3. The minimum absolute atomic E-state index is 0.00680. The van der Waals surface area contributed by atoms with E-state index in [0.717, 1.165) is 12.1 Å². The van der Waals surface area contributed by atoms with E-state index in [4.69, 9.17) is 5.73 Å². The van der Waals surface area contributed by atoms with Gasteiger partial charge in [-0.3, -0.25) is 0 Å². The number of nitrogens with one attached hydrogen (secondary N) is 2. The number of hydrogen-bond acceptors (Lipinski definition) is 4. The number of rotatable bonds is 2. The van der Waals surface area contributed by atoms with Crippen LogP contribution in [-0.2, 0) is 6.18 Å². The van der Waals surface area contributed by atoms with Crippen LogP contribution in [0.15, 0.2) is 16.6 Å². The minimum atomic E-state index is -4.68. The van der Waals surface area contributed by atoms with Crippen LogP contribution in [0, 0.1) is 5.82 Å². The van der Waals surface area contributed by atoms with Crippen LogP contribution in [0.2, 0.25) is 0 Å². The molecular formula is C9H6BrF4N5. The molecule has 102 valence electrons. The topological polar surface area (TPSA) is 79.6 Å². The second-order valence-corrected chi connectivity index (χ2v) is 4.28. The number of alkyl halides is 3. The third-order valence-corrected chi connectivity index (χ3v) is 2.91. The van der Waals surface area contributed by atoms with Crippen LogP contribution in [0.5, 0.6) is 0 Å². The maximum Gasteiger partial charge on any atom is 0.417 e. The lowest BCUT2D eigenvalue weighted by Gasteiger charge is -2.12. The van der Waals surface area contributed by atoms with Gasteiger partial charge in [0.2, 0.25) is 11.9 Å². The van der Waals surface area contributed by atoms with Gasteiger partial charge in [-0.15, -0.1) is 5.10 Å². The van der Waals surface area contributed by atoms with Gasteiger partial charge in [-0.2, -0.15) is 18.2 Å². The Morgan fingerprint density at radius 3 is 2.53 bits per heavy atom. The van der Waals surface area contributed by atoms with Gasteiger partial charge in [0.15, 0.2) is 0 Å². The molecule has 0 unspecified atom stereocenters. The number of H-pyrrole nitrogens is 1. The van der Waals surface area contributed by atoms with Gasteiger partial charge < -0.3 is 11.1 Å². The van der Waals surface area contributed by atoms with Crippen molar-refractivity contribution in [1.82, 2.24) is 15.2 Å². The molecule has 0 aliphatic carbocycles. The summed E-state index contributed by atoms with van der Waals surface area (Å²) in [5.41, 5.74) is 3.96. The number of halogens is 5. The maximum absolute atomic E-state index is 13.4. The molecule has 0 radical (unpaired) electrons. The van der Waals surface area contributed by atoms with Crippen LogP contribution >= 0.6 is 15.9 Å². The Kier molecular flexibility index (Phi) is 3.35. The fraction of sp³-hybridized carbons (Fsp3) is 0.111. The first kappa shape index (κ1) is 13.6. The first-order chi connectivity index (χ1) is 8.77. The molecule has 0 aliphatic heterocycles. The second-order valence-electron chi connectivity index (χ2n) is 3.48. The highest BCUT2D eigenvalue weighted by atomic mass is 79.9. The number of nitrogen functional groups attached to an aromatic ring is 1. The molecule has 1 aromatic carbocycles. The lowest BCUT2D eigenvalue weighted by Crippen LogP contribution is -2.08. The zero-order valence-corrected chi connectivity index (χ0v) is 10.6. The molecule has 0 amide bonds. The molecule has 2 aromatic rings. The van der Waals surface area contributed by atoms with Crippen molar-refractivity contribution in [3.05, 3.63) is 28.0 Å². The highest BCUT2D eigenvalue weighted by Gasteiger charge is 2.34. The summed E-state index contributed by atoms with van der Waals surface area (Å²) in [6.07, 6.45) is -4.68. The van der Waals surface area contributed by atoms with Crippen molar-refractivity contribution in [2.45, 2.75) is 6.18 Å². The van der Waals surface area contributed by atoms with Crippen LogP contribution in [0.25, 0.3) is 0 Å². The summed E-state index contributed by atoms with van der Waals surface area (Å²) in [4.78, 5) is 3.63. The summed E-state index contributed by atoms with van der Waals surface area (Å²) >= 11 is 2.56. The average Bonchev–Trinajstić information content (AvgIpc) is 2.67. The Bertz CT molecular complexity index is 609. The average molecular weight is 340 g/mol. The minimum Gasteiger partial charge on any atom is -0.366 e. The van der Waals surface area contributed by atoms with Crippen molar-refractivity contribution in [2.24, 2.45) is 0 Å². The number of aromatic amines is 1. The monoisotopic (exact) mass is 339 g/mol. The van der Waals surface area contributed by atoms with E-state index >= 15 is 0 Å². The number of hydrogen-bond donors (Lipinski definition) is 3. The van der Waals surface area contributed by atoms with Crippen LogP contribution in [0.3, 0.4) is 0 Å². The molecule has 0 fully saturated rings. The highest BCUT2D eigenvalue weighted by molar-refractivity contribution is 9.10. The van der Waals surface area contributed by atoms with Crippen molar-refractivity contribution in [3.8, 4) is 0 Å². The van der Waals surface area contributed by atoms with Crippen molar-refractivity contribution in [2.75, 3.05) is 11.1 Å².